The number of imidazole rings is 1. The Morgan fingerprint density at radius 2 is 1.96 bits per heavy atom. The summed E-state index contributed by atoms with van der Waals surface area (Å²) in [6, 6.07) is 9.40. The van der Waals surface area contributed by atoms with Crippen molar-refractivity contribution in [1.82, 2.24) is 19.7 Å². The van der Waals surface area contributed by atoms with Gasteiger partial charge in [-0.3, -0.25) is 0 Å². The standard InChI is InChI=1S/C20H17FN4O2/c1-3-25-11-22-19-16(10-23-24-20(19)25)12-4-7-17(21)15(8-12)14-6-5-13(26)9-18(14)27-2/h4-11,26H,3H2,1-2H3. The molecule has 7 heteroatoms. The number of aromatic hydroxyl groups is 1. The van der Waals surface area contributed by atoms with Crippen molar-refractivity contribution in [2.75, 3.05) is 7.11 Å². The maximum Gasteiger partial charge on any atom is 0.183 e. The van der Waals surface area contributed by atoms with Crippen molar-refractivity contribution in [3.05, 3.63) is 54.7 Å². The van der Waals surface area contributed by atoms with Crippen LogP contribution in [-0.4, -0.2) is 32.0 Å². The van der Waals surface area contributed by atoms with Crippen LogP contribution in [0.5, 0.6) is 11.5 Å². The molecule has 0 aliphatic heterocycles. The third-order valence-corrected chi connectivity index (χ3v) is 4.50. The Balaban J connectivity index is 1.91. The predicted molar refractivity (Wildman–Crippen MR) is 100 cm³/mol. The summed E-state index contributed by atoms with van der Waals surface area (Å²) in [5, 5.41) is 17.9. The van der Waals surface area contributed by atoms with Crippen molar-refractivity contribution < 1.29 is 14.2 Å². The molecule has 0 spiro atoms. The van der Waals surface area contributed by atoms with Crippen LogP contribution in [0.1, 0.15) is 6.92 Å². The van der Waals surface area contributed by atoms with E-state index in [0.29, 0.717) is 28.0 Å². The largest absolute Gasteiger partial charge is 0.508 e. The summed E-state index contributed by atoms with van der Waals surface area (Å²) in [5.41, 5.74) is 3.84. The number of nitrogens with zero attached hydrogens (tertiary/aromatic N) is 4. The van der Waals surface area contributed by atoms with Crippen molar-refractivity contribution in [1.29, 1.82) is 0 Å². The molecule has 0 aliphatic carbocycles. The monoisotopic (exact) mass is 364 g/mol. The molecule has 2 aromatic heterocycles. The minimum atomic E-state index is -0.389. The highest BCUT2D eigenvalue weighted by Crippen LogP contribution is 2.37. The average molecular weight is 364 g/mol. The molecule has 0 fully saturated rings. The lowest BCUT2D eigenvalue weighted by Crippen LogP contribution is -1.96. The second kappa shape index (κ2) is 6.68. The Labute approximate surface area is 154 Å². The number of aromatic nitrogens is 4. The van der Waals surface area contributed by atoms with E-state index >= 15 is 0 Å². The maximum atomic E-state index is 14.6. The van der Waals surface area contributed by atoms with Gasteiger partial charge in [0.15, 0.2) is 5.65 Å². The number of ether oxygens (including phenoxy) is 1. The van der Waals surface area contributed by atoms with Crippen LogP contribution in [0.25, 0.3) is 33.4 Å². The summed E-state index contributed by atoms with van der Waals surface area (Å²) < 4.78 is 21.8. The van der Waals surface area contributed by atoms with E-state index in [2.05, 4.69) is 15.2 Å². The first-order valence-electron chi connectivity index (χ1n) is 8.46. The first kappa shape index (κ1) is 17.0. The minimum Gasteiger partial charge on any atom is -0.508 e. The average Bonchev–Trinajstić information content (AvgIpc) is 3.12. The van der Waals surface area contributed by atoms with E-state index in [1.165, 1.54) is 25.3 Å². The molecule has 4 rings (SSSR count). The van der Waals surface area contributed by atoms with Crippen LogP contribution in [0.4, 0.5) is 4.39 Å². The highest BCUT2D eigenvalue weighted by Gasteiger charge is 2.16. The summed E-state index contributed by atoms with van der Waals surface area (Å²) in [6.45, 7) is 2.73. The molecule has 0 aliphatic rings. The number of hydrogen-bond acceptors (Lipinski definition) is 5. The number of phenols is 1. The van der Waals surface area contributed by atoms with E-state index in [-0.39, 0.29) is 11.6 Å². The smallest absolute Gasteiger partial charge is 0.183 e. The van der Waals surface area contributed by atoms with Crippen molar-refractivity contribution >= 4 is 11.2 Å². The lowest BCUT2D eigenvalue weighted by Gasteiger charge is -2.12. The minimum absolute atomic E-state index is 0.0531. The molecule has 0 atom stereocenters. The third-order valence-electron chi connectivity index (χ3n) is 4.50. The number of methoxy groups -OCH3 is 1. The van der Waals surface area contributed by atoms with Gasteiger partial charge in [0.2, 0.25) is 0 Å². The van der Waals surface area contributed by atoms with E-state index in [0.717, 1.165) is 17.7 Å². The number of hydrogen-bond donors (Lipinski definition) is 1. The summed E-state index contributed by atoms with van der Waals surface area (Å²) in [6.07, 6.45) is 3.34. The lowest BCUT2D eigenvalue weighted by atomic mass is 9.98. The van der Waals surface area contributed by atoms with Crippen molar-refractivity contribution in [3.63, 3.8) is 0 Å². The van der Waals surface area contributed by atoms with Crippen LogP contribution in [-0.2, 0) is 6.54 Å². The number of phenolic OH excluding ortho intramolecular Hbond substituents is 1. The van der Waals surface area contributed by atoms with Gasteiger partial charge in [0.25, 0.3) is 0 Å². The maximum absolute atomic E-state index is 14.6. The van der Waals surface area contributed by atoms with E-state index in [1.807, 2.05) is 11.5 Å². The van der Waals surface area contributed by atoms with Gasteiger partial charge in [-0.2, -0.15) is 5.10 Å². The first-order chi connectivity index (χ1) is 13.1. The normalized spacial score (nSPS) is 11.1. The van der Waals surface area contributed by atoms with Gasteiger partial charge in [0.05, 0.1) is 19.6 Å². The number of benzene rings is 2. The Morgan fingerprint density at radius 3 is 2.74 bits per heavy atom. The van der Waals surface area contributed by atoms with E-state index < -0.39 is 0 Å². The zero-order valence-electron chi connectivity index (χ0n) is 14.8. The van der Waals surface area contributed by atoms with Crippen molar-refractivity contribution in [2.45, 2.75) is 13.5 Å². The van der Waals surface area contributed by atoms with Gasteiger partial charge in [-0.15, -0.1) is 5.10 Å². The molecule has 27 heavy (non-hydrogen) atoms. The van der Waals surface area contributed by atoms with Gasteiger partial charge in [-0.25, -0.2) is 9.37 Å². The number of fused-ring (bicyclic) bond motifs is 1. The van der Waals surface area contributed by atoms with Gasteiger partial charge in [0.1, 0.15) is 22.8 Å². The fourth-order valence-corrected chi connectivity index (χ4v) is 3.12. The Hall–Kier alpha value is -3.48. The topological polar surface area (TPSA) is 73.1 Å². The molecule has 2 aromatic carbocycles. The molecule has 0 saturated carbocycles. The summed E-state index contributed by atoms with van der Waals surface area (Å²) in [5.74, 6) is 0.0525. The summed E-state index contributed by atoms with van der Waals surface area (Å²) in [7, 11) is 1.48. The molecule has 136 valence electrons. The van der Waals surface area contributed by atoms with Gasteiger partial charge < -0.3 is 14.4 Å². The first-order valence-corrected chi connectivity index (χ1v) is 8.46. The molecule has 0 unspecified atom stereocenters. The zero-order valence-corrected chi connectivity index (χ0v) is 14.8. The van der Waals surface area contributed by atoms with Crippen LogP contribution in [0.15, 0.2) is 48.9 Å². The Bertz CT molecular complexity index is 1140. The van der Waals surface area contributed by atoms with Crippen molar-refractivity contribution in [2.24, 2.45) is 0 Å². The predicted octanol–water partition coefficient (Wildman–Crippen LogP) is 4.03. The number of halogens is 1. The second-order valence-corrected chi connectivity index (χ2v) is 6.04. The van der Waals surface area contributed by atoms with E-state index in [9.17, 15) is 9.50 Å². The molecule has 4 aromatic rings. The molecule has 0 bridgehead atoms. The summed E-state index contributed by atoms with van der Waals surface area (Å²) >= 11 is 0. The second-order valence-electron chi connectivity index (χ2n) is 6.04. The lowest BCUT2D eigenvalue weighted by molar-refractivity contribution is 0.409. The molecule has 6 nitrogen and oxygen atoms in total. The molecule has 0 amide bonds. The quantitative estimate of drug-likeness (QED) is 0.592. The fourth-order valence-electron chi connectivity index (χ4n) is 3.12. The zero-order chi connectivity index (χ0) is 19.0. The highest BCUT2D eigenvalue weighted by atomic mass is 19.1. The number of rotatable bonds is 4. The SMILES string of the molecule is CCn1cnc2c(-c3ccc(F)c(-c4ccc(O)cc4OC)c3)cnnc21. The van der Waals surface area contributed by atoms with E-state index in [4.69, 9.17) is 4.74 Å². The van der Waals surface area contributed by atoms with Gasteiger partial charge >= 0.3 is 0 Å². The molecule has 2 heterocycles. The molecule has 0 saturated heterocycles. The molecule has 1 N–H and O–H groups in total. The van der Waals surface area contributed by atoms with E-state index in [1.54, 1.807) is 30.7 Å². The van der Waals surface area contributed by atoms with Crippen molar-refractivity contribution in [3.8, 4) is 33.8 Å². The Morgan fingerprint density at radius 1 is 1.11 bits per heavy atom. The van der Waals surface area contributed by atoms with Crippen LogP contribution >= 0.6 is 0 Å². The van der Waals surface area contributed by atoms with Gasteiger partial charge in [0, 0.05) is 29.3 Å². The van der Waals surface area contributed by atoms with Crippen LogP contribution in [0, 0.1) is 5.82 Å². The fraction of sp³-hybridized carbons (Fsp3) is 0.150. The molecular formula is C20H17FN4O2. The summed E-state index contributed by atoms with van der Waals surface area (Å²) in [4.78, 5) is 4.44. The highest BCUT2D eigenvalue weighted by molar-refractivity contribution is 5.90. The van der Waals surface area contributed by atoms with Gasteiger partial charge in [-0.05, 0) is 36.8 Å². The Kier molecular flexibility index (Phi) is 4.19. The van der Waals surface area contributed by atoms with Crippen LogP contribution in [0.2, 0.25) is 0 Å². The third kappa shape index (κ3) is 2.87. The van der Waals surface area contributed by atoms with Crippen LogP contribution in [0.3, 0.4) is 0 Å². The number of aryl methyl sites for hydroxylation is 1. The van der Waals surface area contributed by atoms with Crippen LogP contribution < -0.4 is 4.74 Å². The van der Waals surface area contributed by atoms with Gasteiger partial charge in [-0.1, -0.05) is 6.07 Å². The molecular weight excluding hydrogens is 347 g/mol. The molecule has 0 radical (unpaired) electrons.